The highest BCUT2D eigenvalue weighted by molar-refractivity contribution is 5.92. The Balaban J connectivity index is 0.970. The number of benzene rings is 1. The first-order valence-corrected chi connectivity index (χ1v) is 16.1. The molecule has 3 atom stereocenters. The normalized spacial score (nSPS) is 21.5. The molecule has 234 valence electrons. The Morgan fingerprint density at radius 2 is 1.80 bits per heavy atom. The van der Waals surface area contributed by atoms with Crippen molar-refractivity contribution in [2.45, 2.75) is 50.4 Å². The molecule has 3 aliphatic rings. The van der Waals surface area contributed by atoms with Crippen LogP contribution in [0, 0.1) is 0 Å². The van der Waals surface area contributed by atoms with E-state index in [-0.39, 0.29) is 11.9 Å². The van der Waals surface area contributed by atoms with Crippen molar-refractivity contribution < 1.29 is 9.53 Å². The number of anilines is 1. The van der Waals surface area contributed by atoms with Gasteiger partial charge in [0, 0.05) is 36.6 Å². The van der Waals surface area contributed by atoms with E-state index in [9.17, 15) is 4.79 Å². The maximum absolute atomic E-state index is 11.8. The van der Waals surface area contributed by atoms with Crippen LogP contribution in [0.15, 0.2) is 73.8 Å². The fraction of sp³-hybridized carbons (Fsp3) is 0.343. The molecule has 0 saturated carbocycles. The van der Waals surface area contributed by atoms with E-state index in [0.717, 1.165) is 109 Å². The van der Waals surface area contributed by atoms with Crippen LogP contribution >= 0.6 is 0 Å². The number of morpholine rings is 1. The fourth-order valence-corrected chi connectivity index (χ4v) is 7.22. The maximum Gasteiger partial charge on any atom is 0.243 e. The van der Waals surface area contributed by atoms with E-state index in [0.29, 0.717) is 12.1 Å². The van der Waals surface area contributed by atoms with Crippen LogP contribution in [-0.2, 0) is 16.1 Å². The number of carbonyl (C=O) groups excluding carboxylic acids is 1. The van der Waals surface area contributed by atoms with Gasteiger partial charge in [-0.25, -0.2) is 15.0 Å². The molecule has 0 radical (unpaired) electrons. The smallest absolute Gasteiger partial charge is 0.243 e. The summed E-state index contributed by atoms with van der Waals surface area (Å²) < 4.78 is 5.80. The Morgan fingerprint density at radius 3 is 2.63 bits per heavy atom. The number of rotatable bonds is 8. The first-order chi connectivity index (χ1) is 22.6. The predicted molar refractivity (Wildman–Crippen MR) is 177 cm³/mol. The summed E-state index contributed by atoms with van der Waals surface area (Å²) in [5.41, 5.74) is 6.82. The van der Waals surface area contributed by atoms with Crippen molar-refractivity contribution in [2.75, 3.05) is 31.2 Å². The number of imidazole rings is 1. The van der Waals surface area contributed by atoms with Crippen LogP contribution in [0.2, 0.25) is 0 Å². The summed E-state index contributed by atoms with van der Waals surface area (Å²) in [5.74, 6) is 1.68. The molecule has 8 rings (SSSR count). The molecule has 1 amide bonds. The SMILES string of the molecule is C=CC(=O)N[C@@H]1CCCN(Cc2ccnc(-c3cnc(-c4ccc(-c5cc6c(N7[C@@H]8CC[C@H]7COC8)ncnc6[nH]5)cc4)[nH]3)c2)C1. The molecule has 3 fully saturated rings. The zero-order valence-electron chi connectivity index (χ0n) is 25.7. The minimum absolute atomic E-state index is 0.111. The van der Waals surface area contributed by atoms with Gasteiger partial charge < -0.3 is 24.9 Å². The van der Waals surface area contributed by atoms with Crippen LogP contribution in [0.25, 0.3) is 45.1 Å². The van der Waals surface area contributed by atoms with Gasteiger partial charge in [-0.3, -0.25) is 14.7 Å². The van der Waals surface area contributed by atoms with Crippen LogP contribution in [0.4, 0.5) is 5.82 Å². The van der Waals surface area contributed by atoms with Gasteiger partial charge in [0.2, 0.25) is 5.91 Å². The number of hydrogen-bond donors (Lipinski definition) is 3. The molecule has 1 aromatic carbocycles. The molecular weight excluding hydrogens is 578 g/mol. The molecule has 7 heterocycles. The number of hydrogen-bond acceptors (Lipinski definition) is 8. The average Bonchev–Trinajstić information content (AvgIpc) is 3.81. The second kappa shape index (κ2) is 12.1. The zero-order valence-corrected chi connectivity index (χ0v) is 25.7. The summed E-state index contributed by atoms with van der Waals surface area (Å²) in [6.07, 6.45) is 11.0. The average molecular weight is 616 g/mol. The van der Waals surface area contributed by atoms with Gasteiger partial charge in [-0.2, -0.15) is 0 Å². The number of nitrogens with zero attached hydrogens (tertiary/aromatic N) is 6. The lowest BCUT2D eigenvalue weighted by Gasteiger charge is -2.35. The van der Waals surface area contributed by atoms with Gasteiger partial charge in [0.1, 0.15) is 23.6 Å². The number of carbonyl (C=O) groups is 1. The van der Waals surface area contributed by atoms with E-state index < -0.39 is 0 Å². The van der Waals surface area contributed by atoms with Crippen LogP contribution in [-0.4, -0.2) is 85.1 Å². The monoisotopic (exact) mass is 615 g/mol. The third-order valence-electron chi connectivity index (χ3n) is 9.48. The lowest BCUT2D eigenvalue weighted by molar-refractivity contribution is -0.117. The standard InChI is InChI=1S/C35H37N9O2/c1-2-32(45)40-25-4-3-13-43(18-25)17-22-11-12-36-30(14-22)31-16-37-33(42-31)24-7-5-23(6-8-24)29-15-28-34(41-29)38-21-39-35(28)44-26-9-10-27(44)20-46-19-26/h2,5-8,11-12,14-16,21,25-27H,1,3-4,9-10,13,17-20H2,(H,37,42)(H,40,45)(H,38,39,41)/t25-,26-,27+/m1/s1. The molecular formula is C35H37N9O2. The molecule has 3 saturated heterocycles. The summed E-state index contributed by atoms with van der Waals surface area (Å²) in [6, 6.07) is 15.6. The van der Waals surface area contributed by atoms with E-state index >= 15 is 0 Å². The van der Waals surface area contributed by atoms with E-state index in [4.69, 9.17) is 9.72 Å². The molecule has 3 N–H and O–H groups in total. The van der Waals surface area contributed by atoms with Crippen LogP contribution in [0.3, 0.4) is 0 Å². The van der Waals surface area contributed by atoms with E-state index in [2.05, 4.69) is 89.1 Å². The quantitative estimate of drug-likeness (QED) is 0.214. The minimum Gasteiger partial charge on any atom is -0.377 e. The van der Waals surface area contributed by atoms with Gasteiger partial charge in [-0.05, 0) is 67.6 Å². The number of piperidine rings is 1. The third kappa shape index (κ3) is 5.56. The molecule has 11 nitrogen and oxygen atoms in total. The van der Waals surface area contributed by atoms with Crippen molar-refractivity contribution in [1.82, 2.24) is 40.1 Å². The number of fused-ring (bicyclic) bond motifs is 3. The highest BCUT2D eigenvalue weighted by Gasteiger charge is 2.39. The van der Waals surface area contributed by atoms with Crippen molar-refractivity contribution >= 4 is 22.8 Å². The van der Waals surface area contributed by atoms with Crippen molar-refractivity contribution in [1.29, 1.82) is 0 Å². The number of aromatic amines is 2. The predicted octanol–water partition coefficient (Wildman–Crippen LogP) is 4.71. The van der Waals surface area contributed by atoms with Gasteiger partial charge in [-0.1, -0.05) is 30.8 Å². The summed E-state index contributed by atoms with van der Waals surface area (Å²) in [6.45, 7) is 7.71. The van der Waals surface area contributed by atoms with Crippen molar-refractivity contribution in [3.63, 3.8) is 0 Å². The van der Waals surface area contributed by atoms with E-state index in [1.165, 1.54) is 11.6 Å². The number of aromatic nitrogens is 6. The van der Waals surface area contributed by atoms with E-state index in [1.807, 2.05) is 12.4 Å². The lowest BCUT2D eigenvalue weighted by Crippen LogP contribution is -2.46. The molecule has 4 aromatic heterocycles. The van der Waals surface area contributed by atoms with Gasteiger partial charge in [-0.15, -0.1) is 0 Å². The number of ether oxygens (including phenoxy) is 1. The molecule has 5 aromatic rings. The lowest BCUT2D eigenvalue weighted by atomic mass is 10.0. The topological polar surface area (TPSA) is 128 Å². The second-order valence-corrected chi connectivity index (χ2v) is 12.5. The van der Waals surface area contributed by atoms with Crippen molar-refractivity contribution in [2.24, 2.45) is 0 Å². The number of H-pyrrole nitrogens is 2. The van der Waals surface area contributed by atoms with Gasteiger partial charge in [0.15, 0.2) is 0 Å². The fourth-order valence-electron chi connectivity index (χ4n) is 7.22. The summed E-state index contributed by atoms with van der Waals surface area (Å²) >= 11 is 0. The van der Waals surface area contributed by atoms with Crippen LogP contribution in [0.5, 0.6) is 0 Å². The molecule has 0 spiro atoms. The van der Waals surface area contributed by atoms with Crippen molar-refractivity contribution in [3.05, 3.63) is 79.4 Å². The number of amides is 1. The Labute approximate surface area is 267 Å². The Bertz CT molecular complexity index is 1860. The Kier molecular flexibility index (Phi) is 7.55. The molecule has 46 heavy (non-hydrogen) atoms. The first kappa shape index (κ1) is 28.6. The summed E-state index contributed by atoms with van der Waals surface area (Å²) in [7, 11) is 0. The highest BCUT2D eigenvalue weighted by Crippen LogP contribution is 2.37. The molecule has 3 aliphatic heterocycles. The molecule has 11 heteroatoms. The zero-order chi connectivity index (χ0) is 31.0. The molecule has 2 bridgehead atoms. The Hall–Kier alpha value is -4.87. The van der Waals surface area contributed by atoms with Crippen LogP contribution < -0.4 is 10.2 Å². The van der Waals surface area contributed by atoms with Gasteiger partial charge in [0.25, 0.3) is 0 Å². The Morgan fingerprint density at radius 1 is 0.978 bits per heavy atom. The third-order valence-corrected chi connectivity index (χ3v) is 9.48. The summed E-state index contributed by atoms with van der Waals surface area (Å²) in [5, 5.41) is 4.09. The number of pyridine rings is 1. The maximum atomic E-state index is 11.8. The van der Waals surface area contributed by atoms with Crippen LogP contribution in [0.1, 0.15) is 31.2 Å². The number of likely N-dealkylation sites (tertiary alicyclic amines) is 1. The second-order valence-electron chi connectivity index (χ2n) is 12.5. The number of nitrogens with one attached hydrogen (secondary N) is 3. The first-order valence-electron chi connectivity index (χ1n) is 16.1. The van der Waals surface area contributed by atoms with Crippen molar-refractivity contribution in [3.8, 4) is 34.0 Å². The van der Waals surface area contributed by atoms with E-state index in [1.54, 1.807) is 6.33 Å². The van der Waals surface area contributed by atoms with Gasteiger partial charge >= 0.3 is 0 Å². The molecule has 0 aliphatic carbocycles. The molecule has 0 unspecified atom stereocenters. The largest absolute Gasteiger partial charge is 0.377 e. The van der Waals surface area contributed by atoms with Gasteiger partial charge in [0.05, 0.1) is 48.3 Å². The highest BCUT2D eigenvalue weighted by atomic mass is 16.5. The summed E-state index contributed by atoms with van der Waals surface area (Å²) in [4.78, 5) is 42.1. The minimum atomic E-state index is -0.111.